The standard InChI is InChI=1S/C20H18BrN5O/c1-12-22-19(25-24-12)17(13-8-4-3-5-9-13)23-20(27)18-16(21)14-10-6-7-11-15(14)26(18)2/h3-11,17H,1-2H3,(H,23,27)(H,22,24,25). The van der Waals surface area contributed by atoms with Gasteiger partial charge in [0.1, 0.15) is 17.6 Å². The van der Waals surface area contributed by atoms with Crippen molar-refractivity contribution < 1.29 is 4.79 Å². The van der Waals surface area contributed by atoms with Crippen LogP contribution in [-0.2, 0) is 7.05 Å². The molecule has 0 saturated carbocycles. The van der Waals surface area contributed by atoms with Crippen LogP contribution in [-0.4, -0.2) is 25.7 Å². The number of H-pyrrole nitrogens is 1. The fraction of sp³-hybridized carbons (Fsp3) is 0.150. The zero-order valence-electron chi connectivity index (χ0n) is 14.9. The average molecular weight is 424 g/mol. The maximum atomic E-state index is 13.2. The summed E-state index contributed by atoms with van der Waals surface area (Å²) in [5.74, 6) is 1.03. The van der Waals surface area contributed by atoms with Crippen LogP contribution in [0.25, 0.3) is 10.9 Å². The second-order valence-electron chi connectivity index (χ2n) is 6.33. The molecule has 0 bridgehead atoms. The number of hydrogen-bond acceptors (Lipinski definition) is 3. The fourth-order valence-electron chi connectivity index (χ4n) is 3.23. The average Bonchev–Trinajstić information content (AvgIpc) is 3.22. The number of fused-ring (bicyclic) bond motifs is 1. The summed E-state index contributed by atoms with van der Waals surface area (Å²) < 4.78 is 2.66. The highest BCUT2D eigenvalue weighted by molar-refractivity contribution is 9.10. The van der Waals surface area contributed by atoms with E-state index in [0.29, 0.717) is 17.3 Å². The van der Waals surface area contributed by atoms with E-state index in [1.807, 2.05) is 73.1 Å². The summed E-state index contributed by atoms with van der Waals surface area (Å²) in [6, 6.07) is 17.1. The van der Waals surface area contributed by atoms with Crippen LogP contribution in [0.5, 0.6) is 0 Å². The van der Waals surface area contributed by atoms with Crippen LogP contribution in [0.15, 0.2) is 59.1 Å². The molecule has 4 rings (SSSR count). The molecule has 0 saturated heterocycles. The number of nitrogens with zero attached hydrogens (tertiary/aromatic N) is 3. The number of halogens is 1. The van der Waals surface area contributed by atoms with E-state index in [1.54, 1.807) is 0 Å². The van der Waals surface area contributed by atoms with Crippen molar-refractivity contribution in [1.82, 2.24) is 25.1 Å². The smallest absolute Gasteiger partial charge is 0.269 e. The largest absolute Gasteiger partial charge is 0.339 e. The Hall–Kier alpha value is -2.93. The minimum atomic E-state index is -0.450. The maximum Gasteiger partial charge on any atom is 0.269 e. The lowest BCUT2D eigenvalue weighted by atomic mass is 10.1. The Labute approximate surface area is 164 Å². The first-order valence-electron chi connectivity index (χ1n) is 8.54. The number of aromatic amines is 1. The number of carbonyl (C=O) groups excluding carboxylic acids is 1. The number of nitrogens with one attached hydrogen (secondary N) is 2. The molecule has 2 aromatic carbocycles. The molecule has 2 N–H and O–H groups in total. The Bertz CT molecular complexity index is 1080. The van der Waals surface area contributed by atoms with E-state index in [9.17, 15) is 4.79 Å². The highest BCUT2D eigenvalue weighted by Crippen LogP contribution is 2.31. The van der Waals surface area contributed by atoms with E-state index in [-0.39, 0.29) is 5.91 Å². The molecule has 136 valence electrons. The van der Waals surface area contributed by atoms with Gasteiger partial charge in [-0.2, -0.15) is 5.10 Å². The van der Waals surface area contributed by atoms with Gasteiger partial charge in [0.05, 0.1) is 4.47 Å². The van der Waals surface area contributed by atoms with Gasteiger partial charge in [-0.25, -0.2) is 4.98 Å². The SMILES string of the molecule is Cc1nc(C(NC(=O)c2c(Br)c3ccccc3n2C)c2ccccc2)n[nH]1. The number of benzene rings is 2. The lowest BCUT2D eigenvalue weighted by Crippen LogP contribution is -2.31. The fourth-order valence-corrected chi connectivity index (χ4v) is 4.01. The van der Waals surface area contributed by atoms with Gasteiger partial charge in [0.25, 0.3) is 5.91 Å². The van der Waals surface area contributed by atoms with Crippen LogP contribution in [0, 0.1) is 6.92 Å². The third-order valence-corrected chi connectivity index (χ3v) is 5.34. The molecule has 0 aliphatic carbocycles. The number of para-hydroxylation sites is 1. The van der Waals surface area contributed by atoms with Gasteiger partial charge in [-0.05, 0) is 34.5 Å². The summed E-state index contributed by atoms with van der Waals surface area (Å²) in [6.45, 7) is 1.83. The predicted octanol–water partition coefficient (Wildman–Crippen LogP) is 3.89. The first kappa shape index (κ1) is 17.5. The van der Waals surface area contributed by atoms with E-state index < -0.39 is 6.04 Å². The van der Waals surface area contributed by atoms with Crippen LogP contribution in [0.4, 0.5) is 0 Å². The number of aromatic nitrogens is 4. The molecule has 0 spiro atoms. The molecule has 4 aromatic rings. The molecular weight excluding hydrogens is 406 g/mol. The van der Waals surface area contributed by atoms with E-state index in [4.69, 9.17) is 0 Å². The molecule has 27 heavy (non-hydrogen) atoms. The molecule has 1 amide bonds. The van der Waals surface area contributed by atoms with Crippen LogP contribution < -0.4 is 5.32 Å². The first-order valence-corrected chi connectivity index (χ1v) is 9.33. The molecular formula is C20H18BrN5O. The van der Waals surface area contributed by atoms with Crippen LogP contribution in [0.3, 0.4) is 0 Å². The van der Waals surface area contributed by atoms with Crippen molar-refractivity contribution >= 4 is 32.7 Å². The van der Waals surface area contributed by atoms with Gasteiger partial charge in [-0.3, -0.25) is 9.89 Å². The van der Waals surface area contributed by atoms with Crippen molar-refractivity contribution in [3.8, 4) is 0 Å². The summed E-state index contributed by atoms with van der Waals surface area (Å²) in [5, 5.41) is 11.2. The number of hydrogen-bond donors (Lipinski definition) is 2. The monoisotopic (exact) mass is 423 g/mol. The lowest BCUT2D eigenvalue weighted by Gasteiger charge is -2.17. The first-order chi connectivity index (χ1) is 13.1. The molecule has 2 heterocycles. The molecule has 2 aromatic heterocycles. The minimum Gasteiger partial charge on any atom is -0.339 e. The second-order valence-corrected chi connectivity index (χ2v) is 7.13. The van der Waals surface area contributed by atoms with Gasteiger partial charge in [0.2, 0.25) is 0 Å². The lowest BCUT2D eigenvalue weighted by molar-refractivity contribution is 0.0933. The summed E-state index contributed by atoms with van der Waals surface area (Å²) >= 11 is 3.59. The summed E-state index contributed by atoms with van der Waals surface area (Å²) in [5.41, 5.74) is 2.46. The van der Waals surface area contributed by atoms with E-state index in [2.05, 4.69) is 36.4 Å². The molecule has 0 radical (unpaired) electrons. The Balaban J connectivity index is 1.75. The third-order valence-electron chi connectivity index (χ3n) is 4.54. The van der Waals surface area contributed by atoms with Crippen molar-refractivity contribution in [3.05, 3.63) is 82.0 Å². The molecule has 7 heteroatoms. The zero-order valence-corrected chi connectivity index (χ0v) is 16.5. The highest BCUT2D eigenvalue weighted by Gasteiger charge is 2.25. The van der Waals surface area contributed by atoms with Gasteiger partial charge in [0, 0.05) is 18.0 Å². The Morgan fingerprint density at radius 2 is 1.85 bits per heavy atom. The van der Waals surface area contributed by atoms with Crippen molar-refractivity contribution in [1.29, 1.82) is 0 Å². The maximum absolute atomic E-state index is 13.2. The molecule has 0 aliphatic rings. The van der Waals surface area contributed by atoms with E-state index in [1.165, 1.54) is 0 Å². The second kappa shape index (κ2) is 7.00. The Morgan fingerprint density at radius 1 is 1.15 bits per heavy atom. The molecule has 0 fully saturated rings. The zero-order chi connectivity index (χ0) is 19.0. The van der Waals surface area contributed by atoms with Crippen molar-refractivity contribution in [3.63, 3.8) is 0 Å². The molecule has 0 aliphatic heterocycles. The normalized spacial score (nSPS) is 12.3. The minimum absolute atomic E-state index is 0.197. The van der Waals surface area contributed by atoms with Gasteiger partial charge in [-0.15, -0.1) is 0 Å². The predicted molar refractivity (Wildman–Crippen MR) is 107 cm³/mol. The van der Waals surface area contributed by atoms with Crippen molar-refractivity contribution in [2.75, 3.05) is 0 Å². The summed E-state index contributed by atoms with van der Waals surface area (Å²) in [7, 11) is 1.89. The topological polar surface area (TPSA) is 75.6 Å². The number of rotatable bonds is 4. The number of carbonyl (C=O) groups is 1. The van der Waals surface area contributed by atoms with Gasteiger partial charge in [0.15, 0.2) is 5.82 Å². The Morgan fingerprint density at radius 3 is 2.52 bits per heavy atom. The quantitative estimate of drug-likeness (QED) is 0.522. The van der Waals surface area contributed by atoms with Crippen molar-refractivity contribution in [2.24, 2.45) is 7.05 Å². The summed E-state index contributed by atoms with van der Waals surface area (Å²) in [4.78, 5) is 17.6. The number of aryl methyl sites for hydroxylation is 2. The summed E-state index contributed by atoms with van der Waals surface area (Å²) in [6.07, 6.45) is 0. The highest BCUT2D eigenvalue weighted by atomic mass is 79.9. The number of amides is 1. The van der Waals surface area contributed by atoms with Gasteiger partial charge in [-0.1, -0.05) is 48.5 Å². The van der Waals surface area contributed by atoms with Crippen LogP contribution in [0.2, 0.25) is 0 Å². The molecule has 1 unspecified atom stereocenters. The molecule has 1 atom stereocenters. The Kier molecular flexibility index (Phi) is 4.53. The van der Waals surface area contributed by atoms with Crippen molar-refractivity contribution in [2.45, 2.75) is 13.0 Å². The van der Waals surface area contributed by atoms with Crippen LogP contribution in [0.1, 0.15) is 33.7 Å². The van der Waals surface area contributed by atoms with E-state index in [0.717, 1.165) is 20.9 Å². The van der Waals surface area contributed by atoms with Gasteiger partial charge >= 0.3 is 0 Å². The van der Waals surface area contributed by atoms with Gasteiger partial charge < -0.3 is 9.88 Å². The third kappa shape index (κ3) is 3.14. The molecule has 6 nitrogen and oxygen atoms in total. The van der Waals surface area contributed by atoms with Crippen LogP contribution >= 0.6 is 15.9 Å². The van der Waals surface area contributed by atoms with E-state index >= 15 is 0 Å².